The van der Waals surface area contributed by atoms with Crippen molar-refractivity contribution in [2.75, 3.05) is 28.4 Å². The molecule has 0 aliphatic heterocycles. The van der Waals surface area contributed by atoms with Gasteiger partial charge < -0.3 is 29.6 Å². The van der Waals surface area contributed by atoms with Gasteiger partial charge in [0.15, 0.2) is 11.5 Å². The Morgan fingerprint density at radius 1 is 1.00 bits per heavy atom. The molecular weight excluding hydrogens is 416 g/mol. The van der Waals surface area contributed by atoms with Gasteiger partial charge in [0.2, 0.25) is 17.8 Å². The number of carbonyl (C=O) groups excluding carboxylic acids is 1. The summed E-state index contributed by atoms with van der Waals surface area (Å²) in [7, 11) is 6.30. The zero-order valence-electron chi connectivity index (χ0n) is 18.9. The fourth-order valence-corrected chi connectivity index (χ4v) is 3.24. The molecule has 2 aromatic carbocycles. The second kappa shape index (κ2) is 13.5. The van der Waals surface area contributed by atoms with Crippen LogP contribution in [0.1, 0.15) is 28.7 Å². The molecule has 0 heterocycles. The number of aliphatic carboxylic acids is 1. The molecule has 2 aromatic rings. The second-order valence-electron chi connectivity index (χ2n) is 6.53. The normalized spacial score (nSPS) is 9.53. The third-order valence-corrected chi connectivity index (χ3v) is 4.63. The van der Waals surface area contributed by atoms with Crippen molar-refractivity contribution in [3.63, 3.8) is 0 Å². The van der Waals surface area contributed by atoms with Crippen LogP contribution in [0.5, 0.6) is 23.0 Å². The highest BCUT2D eigenvalue weighted by Gasteiger charge is 2.25. The van der Waals surface area contributed by atoms with Crippen molar-refractivity contribution in [3.8, 4) is 23.0 Å². The number of carboxylic acids is 1. The number of aldehydes is 1. The van der Waals surface area contributed by atoms with Crippen LogP contribution in [-0.4, -0.2) is 56.8 Å². The van der Waals surface area contributed by atoms with Crippen molar-refractivity contribution in [3.05, 3.63) is 52.1 Å². The van der Waals surface area contributed by atoms with Gasteiger partial charge in [-0.2, -0.15) is 4.79 Å². The standard InChI is InChI=1S/C21H26O6.C2H2N2O/c1-13-16(12-15-8-6-7-14(11-15)9-10-17(22)23)19(25-3)21(27-5)20(26-4)18(13)24-2;3-4-1-2-5/h6-8,11H,9-10,12H2,1-5H3,(H,22,23);1-2H. The molecule has 0 saturated carbocycles. The summed E-state index contributed by atoms with van der Waals surface area (Å²) in [5.74, 6) is 1.38. The Bertz CT molecular complexity index is 983. The van der Waals surface area contributed by atoms with Crippen LogP contribution in [0, 0.1) is 6.92 Å². The van der Waals surface area contributed by atoms with Gasteiger partial charge in [-0.15, -0.1) is 0 Å². The molecule has 2 rings (SSSR count). The summed E-state index contributed by atoms with van der Waals surface area (Å²) < 4.78 is 22.2. The second-order valence-corrected chi connectivity index (χ2v) is 6.53. The Balaban J connectivity index is 0.000000920. The average molecular weight is 444 g/mol. The van der Waals surface area contributed by atoms with E-state index in [2.05, 4.69) is 4.79 Å². The number of carbonyl (C=O) groups is 2. The number of rotatable bonds is 10. The smallest absolute Gasteiger partial charge is 0.319 e. The zero-order valence-corrected chi connectivity index (χ0v) is 18.9. The summed E-state index contributed by atoms with van der Waals surface area (Å²) in [6.45, 7) is 1.95. The van der Waals surface area contributed by atoms with Gasteiger partial charge in [-0.05, 0) is 24.5 Å². The highest BCUT2D eigenvalue weighted by Crippen LogP contribution is 2.49. The molecule has 0 saturated heterocycles. The number of hydrogen-bond acceptors (Lipinski definition) is 6. The summed E-state index contributed by atoms with van der Waals surface area (Å²) in [6, 6.07) is 7.90. The first-order valence-electron chi connectivity index (χ1n) is 9.64. The topological polar surface area (TPSA) is 128 Å². The molecule has 0 aromatic heterocycles. The van der Waals surface area contributed by atoms with Crippen LogP contribution < -0.4 is 18.9 Å². The van der Waals surface area contributed by atoms with Crippen LogP contribution in [0.3, 0.4) is 0 Å². The van der Waals surface area contributed by atoms with E-state index in [0.717, 1.165) is 28.5 Å². The number of hydrogen-bond donors (Lipinski definition) is 1. The van der Waals surface area contributed by atoms with Crippen LogP contribution >= 0.6 is 0 Å². The zero-order chi connectivity index (χ0) is 24.1. The summed E-state index contributed by atoms with van der Waals surface area (Å²) in [5, 5.41) is 8.89. The van der Waals surface area contributed by atoms with Crippen LogP contribution in [0.15, 0.2) is 24.3 Å². The molecule has 0 aliphatic rings. The Hall–Kier alpha value is -3.84. The van der Waals surface area contributed by atoms with E-state index in [4.69, 9.17) is 34.4 Å². The third kappa shape index (κ3) is 6.85. The van der Waals surface area contributed by atoms with Crippen molar-refractivity contribution < 1.29 is 38.4 Å². The minimum atomic E-state index is -0.803. The number of ether oxygens (including phenoxy) is 4. The van der Waals surface area contributed by atoms with Crippen LogP contribution in [0.4, 0.5) is 0 Å². The first-order chi connectivity index (χ1) is 15.4. The largest absolute Gasteiger partial charge is 0.492 e. The molecule has 32 heavy (non-hydrogen) atoms. The average Bonchev–Trinajstić information content (AvgIpc) is 2.79. The molecule has 0 spiro atoms. The molecule has 0 unspecified atom stereocenters. The molecule has 0 fully saturated rings. The van der Waals surface area contributed by atoms with Crippen molar-refractivity contribution in [1.29, 1.82) is 0 Å². The van der Waals surface area contributed by atoms with E-state index in [1.54, 1.807) is 28.4 Å². The molecule has 1 N–H and O–H groups in total. The first kappa shape index (κ1) is 26.2. The molecule has 9 nitrogen and oxygen atoms in total. The van der Waals surface area contributed by atoms with Gasteiger partial charge in [-0.1, -0.05) is 24.3 Å². The van der Waals surface area contributed by atoms with Gasteiger partial charge in [0.1, 0.15) is 0 Å². The molecule has 0 atom stereocenters. The van der Waals surface area contributed by atoms with Crippen LogP contribution in [-0.2, 0) is 22.4 Å². The maximum absolute atomic E-state index is 10.8. The molecule has 0 aliphatic carbocycles. The minimum Gasteiger partial charge on any atom is -0.492 e. The number of methoxy groups -OCH3 is 4. The minimum absolute atomic E-state index is 0.107. The van der Waals surface area contributed by atoms with Crippen LogP contribution in [0.2, 0.25) is 0 Å². The number of carboxylic acid groups (broad SMARTS) is 1. The Kier molecular flexibility index (Phi) is 11.0. The fraction of sp³-hybridized carbons (Fsp3) is 0.348. The quantitative estimate of drug-likeness (QED) is 0.258. The molecule has 0 radical (unpaired) electrons. The lowest BCUT2D eigenvalue weighted by atomic mass is 9.95. The predicted octanol–water partition coefficient (Wildman–Crippen LogP) is 3.12. The summed E-state index contributed by atoms with van der Waals surface area (Å²) in [4.78, 5) is 22.3. The Labute approximate surface area is 187 Å². The molecule has 0 bridgehead atoms. The van der Waals surface area contributed by atoms with Gasteiger partial charge in [0.25, 0.3) is 0 Å². The van der Waals surface area contributed by atoms with Gasteiger partial charge in [-0.3, -0.25) is 9.59 Å². The molecule has 0 amide bonds. The number of benzene rings is 2. The van der Waals surface area contributed by atoms with Gasteiger partial charge in [0, 0.05) is 24.0 Å². The highest BCUT2D eigenvalue weighted by molar-refractivity contribution is 6.09. The van der Waals surface area contributed by atoms with Crippen molar-refractivity contribution in [1.82, 2.24) is 0 Å². The van der Waals surface area contributed by atoms with E-state index in [1.165, 1.54) is 0 Å². The third-order valence-electron chi connectivity index (χ3n) is 4.63. The van der Waals surface area contributed by atoms with Crippen molar-refractivity contribution in [2.24, 2.45) is 0 Å². The van der Waals surface area contributed by atoms with E-state index >= 15 is 0 Å². The lowest BCUT2D eigenvalue weighted by Crippen LogP contribution is -2.05. The first-order valence-corrected chi connectivity index (χ1v) is 9.64. The van der Waals surface area contributed by atoms with Crippen molar-refractivity contribution in [2.45, 2.75) is 26.2 Å². The fourth-order valence-electron chi connectivity index (χ4n) is 3.24. The van der Waals surface area contributed by atoms with E-state index in [1.807, 2.05) is 31.2 Å². The maximum Gasteiger partial charge on any atom is 0.319 e. The van der Waals surface area contributed by atoms with E-state index in [0.29, 0.717) is 42.1 Å². The molecular formula is C23H28N2O7. The molecule has 9 heteroatoms. The van der Waals surface area contributed by atoms with Gasteiger partial charge in [0.05, 0.1) is 28.4 Å². The Morgan fingerprint density at radius 3 is 2.03 bits per heavy atom. The van der Waals surface area contributed by atoms with E-state index < -0.39 is 5.97 Å². The Morgan fingerprint density at radius 2 is 1.56 bits per heavy atom. The van der Waals surface area contributed by atoms with Crippen LogP contribution in [0.25, 0.3) is 5.53 Å². The highest BCUT2D eigenvalue weighted by atomic mass is 16.5. The summed E-state index contributed by atoms with van der Waals surface area (Å²) in [5.41, 5.74) is 11.3. The van der Waals surface area contributed by atoms with Gasteiger partial charge >= 0.3 is 12.2 Å². The predicted molar refractivity (Wildman–Crippen MR) is 118 cm³/mol. The lowest BCUT2D eigenvalue weighted by molar-refractivity contribution is -0.136. The monoisotopic (exact) mass is 444 g/mol. The summed E-state index contributed by atoms with van der Waals surface area (Å²) in [6.07, 6.45) is 2.33. The van der Waals surface area contributed by atoms with Crippen molar-refractivity contribution >= 4 is 18.5 Å². The summed E-state index contributed by atoms with van der Waals surface area (Å²) >= 11 is 0. The van der Waals surface area contributed by atoms with Gasteiger partial charge in [-0.25, -0.2) is 0 Å². The maximum atomic E-state index is 10.8. The van der Waals surface area contributed by atoms with E-state index in [9.17, 15) is 4.79 Å². The van der Waals surface area contributed by atoms with E-state index in [-0.39, 0.29) is 6.42 Å². The molecule has 172 valence electrons. The lowest BCUT2D eigenvalue weighted by Gasteiger charge is -2.21. The SMILES string of the molecule is COc1c(C)c(Cc2cccc(CCC(=O)O)c2)c(OC)c(OC)c1OC.[N-]=[N+]=CC=O. The number of aryl methyl sites for hydroxylation is 1. The number of nitrogens with zero attached hydrogens (tertiary/aromatic N) is 2.